The molecule has 1 fully saturated rings. The molecule has 116 valence electrons. The lowest BCUT2D eigenvalue weighted by Gasteiger charge is -2.22. The molecule has 0 spiro atoms. The largest absolute Gasteiger partial charge is 0.324 e. The molecule has 1 saturated heterocycles. The van der Waals surface area contributed by atoms with E-state index in [2.05, 4.69) is 5.32 Å². The highest BCUT2D eigenvalue weighted by molar-refractivity contribution is 7.98. The number of nitrogens with one attached hydrogen (secondary N) is 1. The Bertz CT molecular complexity index is 616. The summed E-state index contributed by atoms with van der Waals surface area (Å²) in [5.74, 6) is 0.250. The molecule has 0 bridgehead atoms. The molecule has 0 saturated carbocycles. The number of nitrogens with zero attached hydrogens (tertiary/aromatic N) is 1. The maximum atomic E-state index is 12.1. The Morgan fingerprint density at radius 2 is 2.14 bits per heavy atom. The summed E-state index contributed by atoms with van der Waals surface area (Å²) in [6, 6.07) is 7.56. The maximum absolute atomic E-state index is 12.1. The van der Waals surface area contributed by atoms with Gasteiger partial charge in [0.2, 0.25) is 5.91 Å². The van der Waals surface area contributed by atoms with E-state index in [1.165, 1.54) is 0 Å². The number of carbonyl (C=O) groups is 1. The van der Waals surface area contributed by atoms with Gasteiger partial charge in [-0.1, -0.05) is 12.1 Å². The average molecular weight is 328 g/mol. The van der Waals surface area contributed by atoms with E-state index >= 15 is 0 Å². The van der Waals surface area contributed by atoms with Gasteiger partial charge in [0.15, 0.2) is 9.84 Å². The third kappa shape index (κ3) is 4.46. The van der Waals surface area contributed by atoms with Crippen LogP contribution in [0, 0.1) is 0 Å². The van der Waals surface area contributed by atoms with Gasteiger partial charge in [0.1, 0.15) is 0 Å². The fourth-order valence-corrected chi connectivity index (χ4v) is 4.78. The molecule has 1 heterocycles. The molecule has 0 radical (unpaired) electrons. The predicted molar refractivity (Wildman–Crippen MR) is 86.5 cm³/mol. The number of hydrogen-bond acceptors (Lipinski definition) is 5. The van der Waals surface area contributed by atoms with Crippen molar-refractivity contribution in [1.29, 1.82) is 0 Å². The summed E-state index contributed by atoms with van der Waals surface area (Å²) in [6.07, 6.45) is 2.56. The number of amides is 1. The van der Waals surface area contributed by atoms with Gasteiger partial charge < -0.3 is 5.32 Å². The van der Waals surface area contributed by atoms with Crippen LogP contribution in [0.2, 0.25) is 0 Å². The van der Waals surface area contributed by atoms with E-state index in [1.54, 1.807) is 18.8 Å². The molecule has 1 atom stereocenters. The van der Waals surface area contributed by atoms with E-state index < -0.39 is 9.84 Å². The summed E-state index contributed by atoms with van der Waals surface area (Å²) in [7, 11) is -1.13. The highest BCUT2D eigenvalue weighted by Gasteiger charge is 2.31. The first kappa shape index (κ1) is 16.3. The average Bonchev–Trinajstić information content (AvgIpc) is 2.79. The van der Waals surface area contributed by atoms with Gasteiger partial charge in [0.05, 0.1) is 23.7 Å². The highest BCUT2D eigenvalue weighted by Crippen LogP contribution is 2.24. The van der Waals surface area contributed by atoms with Crippen molar-refractivity contribution in [3.63, 3.8) is 0 Å². The van der Waals surface area contributed by atoms with Crippen LogP contribution < -0.4 is 5.32 Å². The van der Waals surface area contributed by atoms with E-state index in [-0.39, 0.29) is 30.0 Å². The van der Waals surface area contributed by atoms with E-state index in [4.69, 9.17) is 0 Å². The Hall–Kier alpha value is -1.05. The lowest BCUT2D eigenvalue weighted by molar-refractivity contribution is -0.117. The minimum absolute atomic E-state index is 0.0588. The highest BCUT2D eigenvalue weighted by atomic mass is 32.2. The van der Waals surface area contributed by atoms with E-state index in [0.717, 1.165) is 10.6 Å². The van der Waals surface area contributed by atoms with Gasteiger partial charge in [-0.05, 0) is 31.9 Å². The molecule has 0 aromatic heterocycles. The van der Waals surface area contributed by atoms with Gasteiger partial charge in [-0.15, -0.1) is 11.8 Å². The van der Waals surface area contributed by atoms with Crippen molar-refractivity contribution in [3.05, 3.63) is 24.3 Å². The molecule has 1 aromatic rings. The maximum Gasteiger partial charge on any atom is 0.238 e. The Balaban J connectivity index is 1.93. The standard InChI is InChI=1S/C14H20N2O3S2/c1-16(11-7-8-21(18,19)10-11)9-14(17)15-12-5-3-4-6-13(12)20-2/h3-6,11H,7-10H2,1-2H3,(H,15,17). The number of rotatable bonds is 5. The topological polar surface area (TPSA) is 66.5 Å². The van der Waals surface area contributed by atoms with Crippen LogP contribution >= 0.6 is 11.8 Å². The van der Waals surface area contributed by atoms with Crippen LogP contribution in [0.5, 0.6) is 0 Å². The van der Waals surface area contributed by atoms with Gasteiger partial charge in [-0.2, -0.15) is 0 Å². The fourth-order valence-electron chi connectivity index (χ4n) is 2.42. The minimum atomic E-state index is -2.92. The molecule has 1 aromatic carbocycles. The van der Waals surface area contributed by atoms with Crippen LogP contribution in [-0.2, 0) is 14.6 Å². The Kier molecular flexibility index (Phi) is 5.29. The summed E-state index contributed by atoms with van der Waals surface area (Å²) in [6.45, 7) is 0.197. The number of sulfone groups is 1. The first-order valence-electron chi connectivity index (χ1n) is 6.75. The zero-order valence-electron chi connectivity index (χ0n) is 12.2. The number of anilines is 1. The molecule has 2 rings (SSSR count). The molecule has 21 heavy (non-hydrogen) atoms. The molecular formula is C14H20N2O3S2. The first-order valence-corrected chi connectivity index (χ1v) is 9.79. The molecule has 1 aliphatic rings. The normalized spacial score (nSPS) is 20.6. The fraction of sp³-hybridized carbons (Fsp3) is 0.500. The zero-order chi connectivity index (χ0) is 15.5. The second kappa shape index (κ2) is 6.81. The SMILES string of the molecule is CSc1ccccc1NC(=O)CN(C)C1CCS(=O)(=O)C1. The van der Waals surface area contributed by atoms with Gasteiger partial charge in [0.25, 0.3) is 0 Å². The number of hydrogen-bond donors (Lipinski definition) is 1. The van der Waals surface area contributed by atoms with Gasteiger partial charge >= 0.3 is 0 Å². The van der Waals surface area contributed by atoms with E-state index in [9.17, 15) is 13.2 Å². The van der Waals surface area contributed by atoms with Crippen LogP contribution in [0.15, 0.2) is 29.2 Å². The predicted octanol–water partition coefficient (Wildman–Crippen LogP) is 1.47. The van der Waals surface area contributed by atoms with Gasteiger partial charge in [-0.25, -0.2) is 8.42 Å². The van der Waals surface area contributed by atoms with Crippen molar-refractivity contribution in [2.45, 2.75) is 17.4 Å². The monoisotopic (exact) mass is 328 g/mol. The summed E-state index contributed by atoms with van der Waals surface area (Å²) >= 11 is 1.57. The number of benzene rings is 1. The molecule has 1 unspecified atom stereocenters. The molecule has 7 heteroatoms. The molecule has 1 amide bonds. The van der Waals surface area contributed by atoms with E-state index in [1.807, 2.05) is 35.4 Å². The third-order valence-corrected chi connectivity index (χ3v) is 6.15. The number of para-hydroxylation sites is 1. The summed E-state index contributed by atoms with van der Waals surface area (Å²) in [5.41, 5.74) is 0.794. The van der Waals surface area contributed by atoms with Crippen molar-refractivity contribution >= 4 is 33.2 Å². The molecule has 0 aliphatic carbocycles. The Labute approximate surface area is 130 Å². The third-order valence-electron chi connectivity index (χ3n) is 3.61. The Morgan fingerprint density at radius 1 is 1.43 bits per heavy atom. The second-order valence-corrected chi connectivity index (χ2v) is 8.30. The van der Waals surface area contributed by atoms with Crippen molar-refractivity contribution < 1.29 is 13.2 Å². The molecule has 1 N–H and O–H groups in total. The van der Waals surface area contributed by atoms with Crippen molar-refractivity contribution in [3.8, 4) is 0 Å². The summed E-state index contributed by atoms with van der Waals surface area (Å²) in [4.78, 5) is 14.9. The first-order chi connectivity index (χ1) is 9.91. The van der Waals surface area contributed by atoms with Gasteiger partial charge in [-0.3, -0.25) is 9.69 Å². The van der Waals surface area contributed by atoms with Crippen LogP contribution in [0.3, 0.4) is 0 Å². The second-order valence-electron chi connectivity index (χ2n) is 5.22. The quantitative estimate of drug-likeness (QED) is 0.829. The van der Waals surface area contributed by atoms with Crippen LogP contribution in [-0.4, -0.2) is 56.6 Å². The minimum Gasteiger partial charge on any atom is -0.324 e. The van der Waals surface area contributed by atoms with Crippen molar-refractivity contribution in [2.75, 3.05) is 36.7 Å². The summed E-state index contributed by atoms with van der Waals surface area (Å²) < 4.78 is 23.0. The number of thioether (sulfide) groups is 1. The molecule has 1 aliphatic heterocycles. The van der Waals surface area contributed by atoms with E-state index in [0.29, 0.717) is 6.42 Å². The lowest BCUT2D eigenvalue weighted by atomic mass is 10.2. The molecule has 5 nitrogen and oxygen atoms in total. The number of likely N-dealkylation sites (N-methyl/N-ethyl adjacent to an activating group) is 1. The van der Waals surface area contributed by atoms with Gasteiger partial charge in [0, 0.05) is 10.9 Å². The Morgan fingerprint density at radius 3 is 2.76 bits per heavy atom. The lowest BCUT2D eigenvalue weighted by Crippen LogP contribution is -2.38. The van der Waals surface area contributed by atoms with Crippen molar-refractivity contribution in [1.82, 2.24) is 4.90 Å². The van der Waals surface area contributed by atoms with Crippen LogP contribution in [0.4, 0.5) is 5.69 Å². The van der Waals surface area contributed by atoms with Crippen molar-refractivity contribution in [2.24, 2.45) is 0 Å². The van der Waals surface area contributed by atoms with Crippen LogP contribution in [0.25, 0.3) is 0 Å². The summed E-state index contributed by atoms with van der Waals surface area (Å²) in [5, 5.41) is 2.89. The molecular weight excluding hydrogens is 308 g/mol. The zero-order valence-corrected chi connectivity index (χ0v) is 13.8. The van der Waals surface area contributed by atoms with Crippen LogP contribution in [0.1, 0.15) is 6.42 Å². The number of carbonyl (C=O) groups excluding carboxylic acids is 1. The smallest absolute Gasteiger partial charge is 0.238 e.